The van der Waals surface area contributed by atoms with Crippen molar-refractivity contribution in [1.82, 2.24) is 20.4 Å². The summed E-state index contributed by atoms with van der Waals surface area (Å²) in [6.07, 6.45) is 1.75. The minimum absolute atomic E-state index is 0.111. The quantitative estimate of drug-likeness (QED) is 0.681. The highest BCUT2D eigenvalue weighted by atomic mass is 16.5. The van der Waals surface area contributed by atoms with Crippen LogP contribution in [0.1, 0.15) is 28.9 Å². The highest BCUT2D eigenvalue weighted by Gasteiger charge is 2.39. The van der Waals surface area contributed by atoms with Gasteiger partial charge in [-0.05, 0) is 36.6 Å². The molecule has 2 aliphatic rings. The number of fused-ring (bicyclic) bond motifs is 3. The Morgan fingerprint density at radius 1 is 1.17 bits per heavy atom. The second-order valence-electron chi connectivity index (χ2n) is 8.13. The molecule has 3 heterocycles. The second kappa shape index (κ2) is 8.08. The number of aromatic nitrogens is 2. The van der Waals surface area contributed by atoms with Crippen LogP contribution >= 0.6 is 0 Å². The van der Waals surface area contributed by atoms with Crippen LogP contribution in [0.15, 0.2) is 48.5 Å². The zero-order chi connectivity index (χ0) is 20.5. The third-order valence-electron chi connectivity index (χ3n) is 6.22. The van der Waals surface area contributed by atoms with Gasteiger partial charge < -0.3 is 14.8 Å². The van der Waals surface area contributed by atoms with E-state index in [1.54, 1.807) is 7.11 Å². The van der Waals surface area contributed by atoms with Gasteiger partial charge in [-0.25, -0.2) is 0 Å². The molecule has 0 radical (unpaired) electrons. The van der Waals surface area contributed by atoms with Crippen LogP contribution in [0.2, 0.25) is 0 Å². The van der Waals surface area contributed by atoms with Gasteiger partial charge in [0.1, 0.15) is 5.75 Å². The van der Waals surface area contributed by atoms with Gasteiger partial charge in [0.25, 0.3) is 5.91 Å². The summed E-state index contributed by atoms with van der Waals surface area (Å²) in [5, 5.41) is 11.3. The van der Waals surface area contributed by atoms with E-state index in [1.165, 1.54) is 5.56 Å². The molecule has 5 rings (SSSR count). The van der Waals surface area contributed by atoms with Gasteiger partial charge >= 0.3 is 0 Å². The first-order chi connectivity index (χ1) is 14.7. The molecule has 3 atom stereocenters. The SMILES string of the molecule is COc1ccc(CN2[C@@H]3COC[C@H]2CC(NC(=O)c2n[nH]c4ccccc24)C3)cc1. The number of nitrogens with zero attached hydrogens (tertiary/aromatic N) is 2. The van der Waals surface area contributed by atoms with Gasteiger partial charge in [0.05, 0.1) is 25.8 Å². The van der Waals surface area contributed by atoms with E-state index in [2.05, 4.69) is 32.5 Å². The smallest absolute Gasteiger partial charge is 0.272 e. The Morgan fingerprint density at radius 2 is 1.90 bits per heavy atom. The van der Waals surface area contributed by atoms with Gasteiger partial charge in [0.2, 0.25) is 0 Å². The van der Waals surface area contributed by atoms with Crippen LogP contribution in [0.4, 0.5) is 0 Å². The fraction of sp³-hybridized carbons (Fsp3) is 0.391. The van der Waals surface area contributed by atoms with E-state index in [1.807, 2.05) is 36.4 Å². The number of ether oxygens (including phenoxy) is 2. The minimum atomic E-state index is -0.111. The van der Waals surface area contributed by atoms with E-state index < -0.39 is 0 Å². The van der Waals surface area contributed by atoms with Crippen molar-refractivity contribution in [3.63, 3.8) is 0 Å². The lowest BCUT2D eigenvalue weighted by Crippen LogP contribution is -2.60. The van der Waals surface area contributed by atoms with E-state index in [4.69, 9.17) is 9.47 Å². The maximum atomic E-state index is 12.9. The number of rotatable bonds is 5. The molecular formula is C23H26N4O3. The van der Waals surface area contributed by atoms with Crippen LogP contribution in [0.25, 0.3) is 10.9 Å². The zero-order valence-corrected chi connectivity index (χ0v) is 17.0. The molecule has 0 saturated carbocycles. The molecule has 2 aromatic carbocycles. The summed E-state index contributed by atoms with van der Waals surface area (Å²) < 4.78 is 11.1. The van der Waals surface area contributed by atoms with Crippen LogP contribution in [0.3, 0.4) is 0 Å². The minimum Gasteiger partial charge on any atom is -0.497 e. The van der Waals surface area contributed by atoms with E-state index >= 15 is 0 Å². The Hall–Kier alpha value is -2.90. The third kappa shape index (κ3) is 3.66. The van der Waals surface area contributed by atoms with Gasteiger partial charge in [-0.3, -0.25) is 14.8 Å². The summed E-state index contributed by atoms with van der Waals surface area (Å²) in [5.74, 6) is 0.759. The van der Waals surface area contributed by atoms with Crippen molar-refractivity contribution in [3.8, 4) is 5.75 Å². The molecule has 2 saturated heterocycles. The molecule has 7 nitrogen and oxygen atoms in total. The van der Waals surface area contributed by atoms with Crippen molar-refractivity contribution in [3.05, 3.63) is 59.8 Å². The summed E-state index contributed by atoms with van der Waals surface area (Å²) in [6, 6.07) is 16.7. The molecule has 1 amide bonds. The number of methoxy groups -OCH3 is 1. The van der Waals surface area contributed by atoms with Crippen molar-refractivity contribution < 1.29 is 14.3 Å². The summed E-state index contributed by atoms with van der Waals surface area (Å²) >= 11 is 0. The number of hydrogen-bond acceptors (Lipinski definition) is 5. The first-order valence-electron chi connectivity index (χ1n) is 10.4. The molecule has 156 valence electrons. The monoisotopic (exact) mass is 406 g/mol. The maximum Gasteiger partial charge on any atom is 0.272 e. The summed E-state index contributed by atoms with van der Waals surface area (Å²) in [7, 11) is 1.68. The second-order valence-corrected chi connectivity index (χ2v) is 8.13. The van der Waals surface area contributed by atoms with E-state index in [0.29, 0.717) is 31.0 Å². The molecule has 2 bridgehead atoms. The topological polar surface area (TPSA) is 79.5 Å². The standard InChI is InChI=1S/C23H26N4O3/c1-29-19-8-6-15(7-9-19)12-27-17-10-16(11-18(27)14-30-13-17)24-23(28)22-20-4-2-3-5-21(20)25-26-22/h2-9,16-18H,10-14H2,1H3,(H,24,28)(H,25,26)/t16?,17-,18+. The maximum absolute atomic E-state index is 12.9. The van der Waals surface area contributed by atoms with Crippen molar-refractivity contribution in [2.24, 2.45) is 0 Å². The number of aromatic amines is 1. The molecule has 2 fully saturated rings. The van der Waals surface area contributed by atoms with Gasteiger partial charge in [0.15, 0.2) is 5.69 Å². The average molecular weight is 406 g/mol. The Morgan fingerprint density at radius 3 is 2.63 bits per heavy atom. The molecule has 1 aromatic heterocycles. The van der Waals surface area contributed by atoms with E-state index in [0.717, 1.165) is 36.0 Å². The van der Waals surface area contributed by atoms with Crippen molar-refractivity contribution in [2.45, 2.75) is 37.5 Å². The largest absolute Gasteiger partial charge is 0.497 e. The molecule has 0 spiro atoms. The van der Waals surface area contributed by atoms with E-state index in [-0.39, 0.29) is 11.9 Å². The molecule has 0 aliphatic carbocycles. The molecule has 30 heavy (non-hydrogen) atoms. The van der Waals surface area contributed by atoms with Crippen LogP contribution in [-0.4, -0.2) is 59.5 Å². The Kier molecular flexibility index (Phi) is 5.14. The normalized spacial score (nSPS) is 24.0. The fourth-order valence-electron chi connectivity index (χ4n) is 4.70. The molecule has 3 aromatic rings. The van der Waals surface area contributed by atoms with Crippen LogP contribution in [-0.2, 0) is 11.3 Å². The van der Waals surface area contributed by atoms with E-state index in [9.17, 15) is 4.79 Å². The Labute approximate surface area is 175 Å². The van der Waals surface area contributed by atoms with Crippen molar-refractivity contribution in [1.29, 1.82) is 0 Å². The average Bonchev–Trinajstić information content (AvgIpc) is 3.19. The lowest BCUT2D eigenvalue weighted by atomic mass is 9.89. The van der Waals surface area contributed by atoms with Gasteiger partial charge in [-0.15, -0.1) is 0 Å². The number of benzene rings is 2. The lowest BCUT2D eigenvalue weighted by molar-refractivity contribution is -0.0843. The molecule has 2 aliphatic heterocycles. The first kappa shape index (κ1) is 19.1. The predicted octanol–water partition coefficient (Wildman–Crippen LogP) is 2.73. The number of nitrogens with one attached hydrogen (secondary N) is 2. The van der Waals surface area contributed by atoms with Gasteiger partial charge in [0, 0.05) is 30.1 Å². The van der Waals surface area contributed by atoms with Crippen LogP contribution < -0.4 is 10.1 Å². The van der Waals surface area contributed by atoms with Gasteiger partial charge in [-0.2, -0.15) is 5.10 Å². The van der Waals surface area contributed by atoms with Crippen molar-refractivity contribution >= 4 is 16.8 Å². The number of carbonyl (C=O) groups is 1. The van der Waals surface area contributed by atoms with Crippen molar-refractivity contribution in [2.75, 3.05) is 20.3 Å². The summed E-state index contributed by atoms with van der Waals surface area (Å²) in [5.41, 5.74) is 2.60. The molecular weight excluding hydrogens is 380 g/mol. The highest BCUT2D eigenvalue weighted by Crippen LogP contribution is 2.30. The molecule has 2 N–H and O–H groups in total. The van der Waals surface area contributed by atoms with Crippen LogP contribution in [0.5, 0.6) is 5.75 Å². The number of H-pyrrole nitrogens is 1. The molecule has 7 heteroatoms. The Balaban J connectivity index is 1.26. The first-order valence-corrected chi connectivity index (χ1v) is 10.4. The molecule has 1 unspecified atom stereocenters. The Bertz CT molecular complexity index is 1020. The fourth-order valence-corrected chi connectivity index (χ4v) is 4.70. The number of piperidine rings is 1. The van der Waals surface area contributed by atoms with Gasteiger partial charge in [-0.1, -0.05) is 30.3 Å². The third-order valence-corrected chi connectivity index (χ3v) is 6.22. The summed E-state index contributed by atoms with van der Waals surface area (Å²) in [4.78, 5) is 15.4. The zero-order valence-electron chi connectivity index (χ0n) is 17.0. The predicted molar refractivity (Wildman–Crippen MR) is 114 cm³/mol. The number of para-hydroxylation sites is 1. The number of morpholine rings is 1. The number of amides is 1. The summed E-state index contributed by atoms with van der Waals surface area (Å²) in [6.45, 7) is 2.28. The highest BCUT2D eigenvalue weighted by molar-refractivity contribution is 6.04. The number of carbonyl (C=O) groups excluding carboxylic acids is 1. The number of hydrogen-bond donors (Lipinski definition) is 2. The van der Waals surface area contributed by atoms with Crippen LogP contribution in [0, 0.1) is 0 Å². The lowest BCUT2D eigenvalue weighted by Gasteiger charge is -2.48.